The summed E-state index contributed by atoms with van der Waals surface area (Å²) in [5.41, 5.74) is 0.705. The van der Waals surface area contributed by atoms with Crippen molar-refractivity contribution < 1.29 is 4.79 Å². The Morgan fingerprint density at radius 1 is 1.44 bits per heavy atom. The number of aromatic nitrogens is 1. The number of hydrogen-bond donors (Lipinski definition) is 0. The molecule has 0 aliphatic carbocycles. The molecule has 1 heterocycles. The molecule has 3 nitrogen and oxygen atoms in total. The third-order valence-corrected chi connectivity index (χ3v) is 3.91. The zero-order valence-corrected chi connectivity index (χ0v) is 12.0. The van der Waals surface area contributed by atoms with Gasteiger partial charge in [0.25, 0.3) is 0 Å². The second kappa shape index (κ2) is 5.42. The van der Waals surface area contributed by atoms with E-state index in [-0.39, 0.29) is 5.78 Å². The number of benzene rings is 1. The lowest BCUT2D eigenvalue weighted by atomic mass is 9.96. The topological polar surface area (TPSA) is 53.8 Å². The van der Waals surface area contributed by atoms with Gasteiger partial charge in [0.15, 0.2) is 5.78 Å². The zero-order valence-electron chi connectivity index (χ0n) is 9.55. The molecule has 0 saturated heterocycles. The van der Waals surface area contributed by atoms with E-state index in [2.05, 4.69) is 27.0 Å². The fraction of sp³-hybridized carbons (Fsp3) is 0.154. The molecule has 90 valence electrons. The van der Waals surface area contributed by atoms with Crippen molar-refractivity contribution >= 4 is 33.0 Å². The number of hydrogen-bond acceptors (Lipinski definition) is 4. The van der Waals surface area contributed by atoms with Gasteiger partial charge in [-0.25, -0.2) is 4.98 Å². The minimum atomic E-state index is -0.766. The molecule has 2 aromatic rings. The Kier molecular flexibility index (Phi) is 3.90. The molecule has 0 saturated carbocycles. The van der Waals surface area contributed by atoms with Gasteiger partial charge < -0.3 is 0 Å². The molecular weight excluding hydrogens is 312 g/mol. The van der Waals surface area contributed by atoms with Gasteiger partial charge in [0.2, 0.25) is 0 Å². The second-order valence-corrected chi connectivity index (χ2v) is 5.87. The van der Waals surface area contributed by atoms with Crippen molar-refractivity contribution in [2.75, 3.05) is 0 Å². The normalized spacial score (nSPS) is 11.8. The minimum Gasteiger partial charge on any atom is -0.291 e. The van der Waals surface area contributed by atoms with Crippen molar-refractivity contribution in [3.8, 4) is 6.07 Å². The summed E-state index contributed by atoms with van der Waals surface area (Å²) >= 11 is 4.64. The van der Waals surface area contributed by atoms with E-state index in [0.29, 0.717) is 10.4 Å². The molecule has 18 heavy (non-hydrogen) atoms. The van der Waals surface area contributed by atoms with Gasteiger partial charge in [0, 0.05) is 10.7 Å². The predicted octanol–water partition coefficient (Wildman–Crippen LogP) is 3.70. The summed E-state index contributed by atoms with van der Waals surface area (Å²) in [5.74, 6) is -0.955. The molecule has 1 aromatic carbocycles. The number of Topliss-reactive ketones (excluding diaryl/α,β-unsaturated/α-hetero) is 1. The summed E-state index contributed by atoms with van der Waals surface area (Å²) in [5, 5.41) is 10.0. The van der Waals surface area contributed by atoms with E-state index in [9.17, 15) is 10.1 Å². The number of carbonyl (C=O) groups is 1. The van der Waals surface area contributed by atoms with E-state index in [4.69, 9.17) is 0 Å². The van der Waals surface area contributed by atoms with Crippen molar-refractivity contribution in [2.45, 2.75) is 12.8 Å². The highest BCUT2D eigenvalue weighted by atomic mass is 79.9. The highest BCUT2D eigenvalue weighted by molar-refractivity contribution is 9.10. The lowest BCUT2D eigenvalue weighted by Crippen LogP contribution is -2.09. The fourth-order valence-electron chi connectivity index (χ4n) is 1.56. The van der Waals surface area contributed by atoms with E-state index in [1.807, 2.05) is 19.1 Å². The van der Waals surface area contributed by atoms with Crippen LogP contribution in [0, 0.1) is 18.3 Å². The summed E-state index contributed by atoms with van der Waals surface area (Å²) in [6, 6.07) is 9.27. The van der Waals surface area contributed by atoms with E-state index in [1.165, 1.54) is 17.5 Å². The first-order chi connectivity index (χ1) is 8.61. The van der Waals surface area contributed by atoms with Crippen molar-refractivity contribution in [3.63, 3.8) is 0 Å². The van der Waals surface area contributed by atoms with Gasteiger partial charge in [-0.15, -0.1) is 11.3 Å². The van der Waals surface area contributed by atoms with Crippen LogP contribution in [0.5, 0.6) is 0 Å². The Labute approximate surface area is 117 Å². The molecule has 0 fully saturated rings. The van der Waals surface area contributed by atoms with E-state index >= 15 is 0 Å². The van der Waals surface area contributed by atoms with Crippen LogP contribution in [-0.2, 0) is 0 Å². The van der Waals surface area contributed by atoms with Crippen molar-refractivity contribution in [3.05, 3.63) is 50.4 Å². The number of nitriles is 1. The molecule has 0 aliphatic rings. The molecular formula is C13H9BrN2OS. The summed E-state index contributed by atoms with van der Waals surface area (Å²) in [4.78, 5) is 16.8. The Morgan fingerprint density at radius 3 is 2.61 bits per heavy atom. The average Bonchev–Trinajstić information content (AvgIpc) is 2.79. The highest BCUT2D eigenvalue weighted by Crippen LogP contribution is 2.24. The summed E-state index contributed by atoms with van der Waals surface area (Å²) in [7, 11) is 0. The Hall–Kier alpha value is -1.51. The number of rotatable bonds is 3. The Morgan fingerprint density at radius 2 is 2.11 bits per heavy atom. The largest absolute Gasteiger partial charge is 0.291 e. The van der Waals surface area contributed by atoms with Gasteiger partial charge in [-0.1, -0.05) is 28.1 Å². The van der Waals surface area contributed by atoms with Gasteiger partial charge in [-0.3, -0.25) is 4.79 Å². The van der Waals surface area contributed by atoms with Crippen LogP contribution in [0.15, 0.2) is 34.9 Å². The molecule has 1 aromatic heterocycles. The molecule has 2 rings (SSSR count). The molecule has 0 amide bonds. The maximum Gasteiger partial charge on any atom is 0.195 e. The number of ketones is 1. The van der Waals surface area contributed by atoms with Crippen LogP contribution in [0.3, 0.4) is 0 Å². The van der Waals surface area contributed by atoms with Crippen LogP contribution in [0.4, 0.5) is 0 Å². The number of aryl methyl sites for hydroxylation is 1. The molecule has 1 unspecified atom stereocenters. The van der Waals surface area contributed by atoms with Crippen LogP contribution in [0.25, 0.3) is 0 Å². The van der Waals surface area contributed by atoms with Crippen molar-refractivity contribution in [1.82, 2.24) is 4.98 Å². The molecule has 0 aliphatic heterocycles. The predicted molar refractivity (Wildman–Crippen MR) is 73.7 cm³/mol. The number of carbonyl (C=O) groups excluding carboxylic acids is 1. The maximum atomic E-state index is 12.2. The third kappa shape index (κ3) is 2.66. The summed E-state index contributed by atoms with van der Waals surface area (Å²) in [6.45, 7) is 1.84. The number of thiazole rings is 1. The van der Waals surface area contributed by atoms with Crippen molar-refractivity contribution in [2.24, 2.45) is 0 Å². The average molecular weight is 321 g/mol. The molecule has 0 bridgehead atoms. The third-order valence-electron chi connectivity index (χ3n) is 2.46. The first kappa shape index (κ1) is 12.9. The Balaban J connectivity index is 2.32. The van der Waals surface area contributed by atoms with Gasteiger partial charge in [0.05, 0.1) is 16.0 Å². The summed E-state index contributed by atoms with van der Waals surface area (Å²) < 4.78 is 0.920. The number of nitrogens with zero attached hydrogens (tertiary/aromatic N) is 2. The Bertz CT molecular complexity index is 613. The van der Waals surface area contributed by atoms with Crippen LogP contribution in [0.2, 0.25) is 0 Å². The van der Waals surface area contributed by atoms with E-state index in [0.717, 1.165) is 9.48 Å². The molecule has 0 spiro atoms. The fourth-order valence-corrected chi connectivity index (χ4v) is 2.57. The van der Waals surface area contributed by atoms with Gasteiger partial charge in [-0.05, 0) is 24.6 Å². The molecule has 0 N–H and O–H groups in total. The van der Waals surface area contributed by atoms with Crippen LogP contribution < -0.4 is 0 Å². The monoisotopic (exact) mass is 320 g/mol. The molecule has 1 atom stereocenters. The highest BCUT2D eigenvalue weighted by Gasteiger charge is 2.23. The van der Waals surface area contributed by atoms with Gasteiger partial charge in [0.1, 0.15) is 5.92 Å². The minimum absolute atomic E-state index is 0.189. The van der Waals surface area contributed by atoms with E-state index < -0.39 is 5.92 Å². The first-order valence-electron chi connectivity index (χ1n) is 5.23. The van der Waals surface area contributed by atoms with Crippen LogP contribution in [-0.4, -0.2) is 10.8 Å². The molecule has 5 heteroatoms. The van der Waals surface area contributed by atoms with Crippen molar-refractivity contribution in [1.29, 1.82) is 5.26 Å². The SMILES string of the molecule is Cc1ncc(C(=O)C(C#N)c2ccc(Br)cc2)s1. The standard InChI is InChI=1S/C13H9BrN2OS/c1-8-16-7-12(18-8)13(17)11(6-15)9-2-4-10(14)5-3-9/h2-5,7,11H,1H3. The summed E-state index contributed by atoms with van der Waals surface area (Å²) in [6.07, 6.45) is 1.53. The lowest BCUT2D eigenvalue weighted by Gasteiger charge is -2.06. The quantitative estimate of drug-likeness (QED) is 0.810. The second-order valence-electron chi connectivity index (χ2n) is 3.72. The van der Waals surface area contributed by atoms with E-state index in [1.54, 1.807) is 12.1 Å². The lowest BCUT2D eigenvalue weighted by molar-refractivity contribution is 0.0982. The van der Waals surface area contributed by atoms with Gasteiger partial charge >= 0.3 is 0 Å². The van der Waals surface area contributed by atoms with Crippen LogP contribution in [0.1, 0.15) is 26.2 Å². The smallest absolute Gasteiger partial charge is 0.195 e. The molecule has 0 radical (unpaired) electrons. The first-order valence-corrected chi connectivity index (χ1v) is 6.84. The van der Waals surface area contributed by atoms with Crippen LogP contribution >= 0.6 is 27.3 Å². The zero-order chi connectivity index (χ0) is 13.1. The number of halogens is 1. The van der Waals surface area contributed by atoms with Gasteiger partial charge in [-0.2, -0.15) is 5.26 Å². The maximum absolute atomic E-state index is 12.2.